The van der Waals surface area contributed by atoms with Gasteiger partial charge in [-0.1, -0.05) is 36.0 Å². The van der Waals surface area contributed by atoms with E-state index in [2.05, 4.69) is 10.3 Å². The first-order valence-electron chi connectivity index (χ1n) is 7.07. The van der Waals surface area contributed by atoms with E-state index in [1.165, 1.54) is 11.8 Å². The molecule has 1 amide bonds. The molecule has 2 N–H and O–H groups in total. The maximum atomic E-state index is 11.9. The van der Waals surface area contributed by atoms with E-state index in [4.69, 9.17) is 0 Å². The number of aliphatic hydroxyl groups excluding tert-OH is 1. The zero-order valence-corrected chi connectivity index (χ0v) is 12.5. The Balaban J connectivity index is 1.57. The molecule has 5 heteroatoms. The smallest absolute Gasteiger partial charge is 0.230 e. The number of rotatable bonds is 6. The fourth-order valence-electron chi connectivity index (χ4n) is 2.25. The number of carbonyl (C=O) groups excluding carboxylic acids is 1. The van der Waals surface area contributed by atoms with Crippen LogP contribution in [-0.2, 0) is 4.79 Å². The lowest BCUT2D eigenvalue weighted by atomic mass is 10.1. The number of pyridine rings is 1. The van der Waals surface area contributed by atoms with Crippen LogP contribution in [0.25, 0.3) is 10.8 Å². The van der Waals surface area contributed by atoms with Gasteiger partial charge in [0.25, 0.3) is 0 Å². The summed E-state index contributed by atoms with van der Waals surface area (Å²) < 4.78 is 0. The van der Waals surface area contributed by atoms with Crippen molar-refractivity contribution in [3.63, 3.8) is 0 Å². The van der Waals surface area contributed by atoms with Crippen molar-refractivity contribution in [1.82, 2.24) is 10.3 Å². The summed E-state index contributed by atoms with van der Waals surface area (Å²) in [5.41, 5.74) is -0.0436. The van der Waals surface area contributed by atoms with Gasteiger partial charge in [-0.2, -0.15) is 0 Å². The number of nitrogens with zero attached hydrogens (tertiary/aromatic N) is 1. The Morgan fingerprint density at radius 3 is 2.90 bits per heavy atom. The van der Waals surface area contributed by atoms with Gasteiger partial charge in [0.05, 0.1) is 12.4 Å². The number of thioether (sulfide) groups is 1. The molecule has 0 radical (unpaired) electrons. The van der Waals surface area contributed by atoms with Gasteiger partial charge in [0.2, 0.25) is 5.91 Å². The van der Waals surface area contributed by atoms with E-state index in [0.717, 1.165) is 28.6 Å². The summed E-state index contributed by atoms with van der Waals surface area (Å²) in [6.07, 6.45) is 3.77. The lowest BCUT2D eigenvalue weighted by Gasteiger charge is -2.12. The Hall–Kier alpha value is -1.59. The van der Waals surface area contributed by atoms with E-state index in [1.807, 2.05) is 30.3 Å². The Kier molecular flexibility index (Phi) is 4.12. The molecule has 1 aliphatic rings. The summed E-state index contributed by atoms with van der Waals surface area (Å²) in [5.74, 6) is 0.345. The number of aromatic nitrogens is 1. The van der Waals surface area contributed by atoms with Crippen molar-refractivity contribution < 1.29 is 9.90 Å². The van der Waals surface area contributed by atoms with E-state index in [9.17, 15) is 9.90 Å². The van der Waals surface area contributed by atoms with Gasteiger partial charge in [0.1, 0.15) is 5.03 Å². The first-order valence-corrected chi connectivity index (χ1v) is 8.05. The highest BCUT2D eigenvalue weighted by molar-refractivity contribution is 8.00. The third-order valence-corrected chi connectivity index (χ3v) is 4.94. The second kappa shape index (κ2) is 6.03. The second-order valence-electron chi connectivity index (χ2n) is 5.56. The number of benzene rings is 1. The van der Waals surface area contributed by atoms with Crippen molar-refractivity contribution in [3.05, 3.63) is 36.5 Å². The van der Waals surface area contributed by atoms with Crippen LogP contribution in [0.15, 0.2) is 41.6 Å². The molecule has 1 aliphatic carbocycles. The molecule has 3 rings (SSSR count). The predicted octanol–water partition coefficient (Wildman–Crippen LogP) is 2.22. The standard InChI is InChI=1S/C16H18N2O2S/c19-11-16(6-7-16)10-18-14(20)9-21-15-13-4-2-1-3-12(13)5-8-17-15/h1-5,8,19H,6-7,9-11H2,(H,18,20). The molecule has 0 atom stereocenters. The predicted molar refractivity (Wildman–Crippen MR) is 84.2 cm³/mol. The van der Waals surface area contributed by atoms with Gasteiger partial charge in [-0.3, -0.25) is 4.79 Å². The molecular weight excluding hydrogens is 284 g/mol. The summed E-state index contributed by atoms with van der Waals surface area (Å²) in [6, 6.07) is 10.0. The zero-order valence-electron chi connectivity index (χ0n) is 11.7. The van der Waals surface area contributed by atoms with E-state index < -0.39 is 0 Å². The van der Waals surface area contributed by atoms with Crippen molar-refractivity contribution in [2.24, 2.45) is 5.41 Å². The van der Waals surface area contributed by atoms with Crippen LogP contribution in [0.2, 0.25) is 0 Å². The molecule has 1 heterocycles. The van der Waals surface area contributed by atoms with Crippen molar-refractivity contribution in [3.8, 4) is 0 Å². The second-order valence-corrected chi connectivity index (χ2v) is 6.52. The molecule has 0 spiro atoms. The molecule has 1 saturated carbocycles. The highest BCUT2D eigenvalue weighted by Crippen LogP contribution is 2.44. The number of hydrogen-bond donors (Lipinski definition) is 2. The number of carbonyl (C=O) groups is 1. The van der Waals surface area contributed by atoms with Crippen LogP contribution in [0.3, 0.4) is 0 Å². The van der Waals surface area contributed by atoms with Crippen molar-refractivity contribution in [2.75, 3.05) is 18.9 Å². The zero-order chi connectivity index (χ0) is 14.7. The minimum Gasteiger partial charge on any atom is -0.396 e. The lowest BCUT2D eigenvalue weighted by molar-refractivity contribution is -0.118. The van der Waals surface area contributed by atoms with Gasteiger partial charge in [0.15, 0.2) is 0 Å². The molecular formula is C16H18N2O2S. The minimum atomic E-state index is -0.0436. The van der Waals surface area contributed by atoms with Crippen LogP contribution in [-0.4, -0.2) is 34.9 Å². The molecule has 0 bridgehead atoms. The van der Waals surface area contributed by atoms with Gasteiger partial charge in [-0.05, 0) is 24.3 Å². The van der Waals surface area contributed by atoms with Crippen molar-refractivity contribution >= 4 is 28.4 Å². The van der Waals surface area contributed by atoms with E-state index in [-0.39, 0.29) is 17.9 Å². The van der Waals surface area contributed by atoms with Crippen LogP contribution in [0.5, 0.6) is 0 Å². The maximum Gasteiger partial charge on any atom is 0.230 e. The number of fused-ring (bicyclic) bond motifs is 1. The average Bonchev–Trinajstić information content (AvgIpc) is 3.31. The highest BCUT2D eigenvalue weighted by Gasteiger charge is 2.41. The third-order valence-electron chi connectivity index (χ3n) is 3.93. The van der Waals surface area contributed by atoms with Crippen LogP contribution in [0, 0.1) is 5.41 Å². The van der Waals surface area contributed by atoms with E-state index in [0.29, 0.717) is 12.3 Å². The van der Waals surface area contributed by atoms with Gasteiger partial charge in [0, 0.05) is 23.5 Å². The molecule has 110 valence electrons. The third kappa shape index (κ3) is 3.36. The summed E-state index contributed by atoms with van der Waals surface area (Å²) in [6.45, 7) is 0.733. The number of amides is 1. The van der Waals surface area contributed by atoms with E-state index >= 15 is 0 Å². The van der Waals surface area contributed by atoms with Gasteiger partial charge >= 0.3 is 0 Å². The van der Waals surface area contributed by atoms with Crippen LogP contribution < -0.4 is 5.32 Å². The minimum absolute atomic E-state index is 0.00513. The summed E-state index contributed by atoms with van der Waals surface area (Å²) >= 11 is 1.45. The van der Waals surface area contributed by atoms with E-state index in [1.54, 1.807) is 6.20 Å². The Bertz CT molecular complexity index is 650. The SMILES string of the molecule is O=C(CSc1nccc2ccccc12)NCC1(CO)CC1. The quantitative estimate of drug-likeness (QED) is 0.803. The first-order chi connectivity index (χ1) is 10.2. The van der Waals surface area contributed by atoms with Gasteiger partial charge in [-0.15, -0.1) is 0 Å². The molecule has 0 aliphatic heterocycles. The summed E-state index contributed by atoms with van der Waals surface area (Å²) in [7, 11) is 0. The van der Waals surface area contributed by atoms with Crippen LogP contribution >= 0.6 is 11.8 Å². The van der Waals surface area contributed by atoms with Crippen molar-refractivity contribution in [2.45, 2.75) is 17.9 Å². The van der Waals surface area contributed by atoms with Gasteiger partial charge < -0.3 is 10.4 Å². The monoisotopic (exact) mass is 302 g/mol. The maximum absolute atomic E-state index is 11.9. The lowest BCUT2D eigenvalue weighted by Crippen LogP contribution is -2.32. The molecule has 0 saturated heterocycles. The highest BCUT2D eigenvalue weighted by atomic mass is 32.2. The van der Waals surface area contributed by atoms with Crippen molar-refractivity contribution in [1.29, 1.82) is 0 Å². The fraction of sp³-hybridized carbons (Fsp3) is 0.375. The Labute approximate surface area is 128 Å². The fourth-order valence-corrected chi connectivity index (χ4v) is 3.09. The number of aliphatic hydroxyl groups is 1. The molecule has 2 aromatic rings. The Morgan fingerprint density at radius 2 is 2.14 bits per heavy atom. The number of hydrogen-bond acceptors (Lipinski definition) is 4. The molecule has 4 nitrogen and oxygen atoms in total. The first kappa shape index (κ1) is 14.4. The molecule has 21 heavy (non-hydrogen) atoms. The normalized spacial score (nSPS) is 15.9. The molecule has 0 unspecified atom stereocenters. The molecule has 1 aromatic heterocycles. The van der Waals surface area contributed by atoms with Gasteiger partial charge in [-0.25, -0.2) is 4.98 Å². The number of nitrogens with one attached hydrogen (secondary N) is 1. The molecule has 1 aromatic carbocycles. The Morgan fingerprint density at radius 1 is 1.33 bits per heavy atom. The molecule has 1 fully saturated rings. The topological polar surface area (TPSA) is 62.2 Å². The van der Waals surface area contributed by atoms with Crippen LogP contribution in [0.4, 0.5) is 0 Å². The van der Waals surface area contributed by atoms with Crippen LogP contribution in [0.1, 0.15) is 12.8 Å². The largest absolute Gasteiger partial charge is 0.396 e. The average molecular weight is 302 g/mol. The summed E-state index contributed by atoms with van der Waals surface area (Å²) in [5, 5.41) is 15.2. The summed E-state index contributed by atoms with van der Waals surface area (Å²) in [4.78, 5) is 16.3.